The first kappa shape index (κ1) is 15.8. The Bertz CT molecular complexity index is 721. The molecule has 1 N–H and O–H groups in total. The van der Waals surface area contributed by atoms with Crippen LogP contribution >= 0.6 is 11.3 Å². The van der Waals surface area contributed by atoms with Crippen LogP contribution in [0.15, 0.2) is 26.2 Å². The van der Waals surface area contributed by atoms with Crippen molar-refractivity contribution in [1.29, 1.82) is 0 Å². The number of alkyl halides is 3. The number of aromatic nitrogens is 1. The first-order chi connectivity index (χ1) is 9.74. The van der Waals surface area contributed by atoms with E-state index in [0.29, 0.717) is 6.07 Å². The van der Waals surface area contributed by atoms with Crippen molar-refractivity contribution in [3.05, 3.63) is 29.0 Å². The van der Waals surface area contributed by atoms with Crippen molar-refractivity contribution in [3.8, 4) is 5.75 Å². The fourth-order valence-electron chi connectivity index (χ4n) is 1.39. The largest absolute Gasteiger partial charge is 0.494 e. The van der Waals surface area contributed by atoms with Crippen LogP contribution in [0.2, 0.25) is 0 Å². The van der Waals surface area contributed by atoms with Crippen molar-refractivity contribution in [2.45, 2.75) is 16.9 Å². The second-order valence-electron chi connectivity index (χ2n) is 3.78. The average Bonchev–Trinajstić information content (AvgIpc) is 3.04. The van der Waals surface area contributed by atoms with Crippen LogP contribution in [0.3, 0.4) is 0 Å². The Morgan fingerprint density at radius 2 is 2.19 bits per heavy atom. The van der Waals surface area contributed by atoms with Crippen molar-refractivity contribution < 1.29 is 30.8 Å². The molecule has 2 aromatic rings. The van der Waals surface area contributed by atoms with Crippen LogP contribution in [-0.2, 0) is 22.7 Å². The molecule has 0 amide bonds. The highest BCUT2D eigenvalue weighted by atomic mass is 32.2. The Kier molecular flexibility index (Phi) is 4.25. The van der Waals surface area contributed by atoms with Crippen molar-refractivity contribution in [1.82, 2.24) is 9.88 Å². The predicted molar refractivity (Wildman–Crippen MR) is 66.4 cm³/mol. The van der Waals surface area contributed by atoms with Gasteiger partial charge in [-0.2, -0.15) is 13.2 Å². The van der Waals surface area contributed by atoms with Gasteiger partial charge < -0.3 is 9.26 Å². The molecule has 116 valence electrons. The Morgan fingerprint density at radius 1 is 1.48 bits per heavy atom. The van der Waals surface area contributed by atoms with Crippen LogP contribution in [-0.4, -0.2) is 20.7 Å². The van der Waals surface area contributed by atoms with Gasteiger partial charge in [0, 0.05) is 6.07 Å². The molecule has 0 radical (unpaired) electrons. The minimum absolute atomic E-state index is 0.0652. The van der Waals surface area contributed by atoms with Gasteiger partial charge in [-0.25, -0.2) is 13.1 Å². The normalized spacial score (nSPS) is 12.6. The SMILES string of the molecule is COc1ccsc1S(=O)(=O)NCc1cc(C(F)(F)F)on1. The predicted octanol–water partition coefficient (Wildman–Crippen LogP) is 2.24. The lowest BCUT2D eigenvalue weighted by molar-refractivity contribution is -0.155. The van der Waals surface area contributed by atoms with Crippen LogP contribution in [0, 0.1) is 0 Å². The van der Waals surface area contributed by atoms with E-state index in [1.165, 1.54) is 18.6 Å². The van der Waals surface area contributed by atoms with Crippen molar-refractivity contribution in [2.75, 3.05) is 7.11 Å². The second kappa shape index (κ2) is 5.66. The molecule has 0 bridgehead atoms. The van der Waals surface area contributed by atoms with E-state index in [-0.39, 0.29) is 15.7 Å². The van der Waals surface area contributed by atoms with Gasteiger partial charge in [0.1, 0.15) is 5.75 Å². The van der Waals surface area contributed by atoms with Gasteiger partial charge in [-0.3, -0.25) is 0 Å². The van der Waals surface area contributed by atoms with Crippen LogP contribution in [0.1, 0.15) is 11.5 Å². The summed E-state index contributed by atoms with van der Waals surface area (Å²) in [5.74, 6) is -1.13. The maximum absolute atomic E-state index is 12.3. The van der Waals surface area contributed by atoms with E-state index in [9.17, 15) is 21.6 Å². The first-order valence-electron chi connectivity index (χ1n) is 5.38. The molecule has 2 rings (SSSR count). The number of nitrogens with one attached hydrogen (secondary N) is 1. The molecule has 0 unspecified atom stereocenters. The molecule has 0 aliphatic carbocycles. The standard InChI is InChI=1S/C10H9F3N2O4S2/c1-18-7-2-3-20-9(7)21(16,17)14-5-6-4-8(19-15-6)10(11,12)13/h2-4,14H,5H2,1H3. The summed E-state index contributed by atoms with van der Waals surface area (Å²) in [7, 11) is -2.59. The number of ether oxygens (including phenoxy) is 1. The molecule has 0 atom stereocenters. The lowest BCUT2D eigenvalue weighted by atomic mass is 10.3. The maximum Gasteiger partial charge on any atom is 0.452 e. The lowest BCUT2D eigenvalue weighted by Crippen LogP contribution is -2.23. The summed E-state index contributed by atoms with van der Waals surface area (Å²) in [5, 5.41) is 4.68. The Balaban J connectivity index is 2.11. The number of methoxy groups -OCH3 is 1. The fraction of sp³-hybridized carbons (Fsp3) is 0.300. The van der Waals surface area contributed by atoms with Gasteiger partial charge in [-0.05, 0) is 11.4 Å². The zero-order valence-corrected chi connectivity index (χ0v) is 12.1. The highest BCUT2D eigenvalue weighted by molar-refractivity contribution is 7.91. The molecule has 0 aliphatic heterocycles. The Labute approximate surface area is 121 Å². The van der Waals surface area contributed by atoms with Gasteiger partial charge in [0.05, 0.1) is 19.3 Å². The zero-order valence-electron chi connectivity index (χ0n) is 10.5. The van der Waals surface area contributed by atoms with E-state index in [1.807, 2.05) is 0 Å². The summed E-state index contributed by atoms with van der Waals surface area (Å²) in [6.07, 6.45) is -4.67. The number of hydrogen-bond acceptors (Lipinski definition) is 6. The zero-order chi connectivity index (χ0) is 15.7. The summed E-state index contributed by atoms with van der Waals surface area (Å²) < 4.78 is 72.0. The smallest absolute Gasteiger partial charge is 0.452 e. The van der Waals surface area contributed by atoms with E-state index in [2.05, 4.69) is 14.4 Å². The first-order valence-corrected chi connectivity index (χ1v) is 7.74. The highest BCUT2D eigenvalue weighted by Crippen LogP contribution is 2.31. The van der Waals surface area contributed by atoms with E-state index in [4.69, 9.17) is 4.74 Å². The Morgan fingerprint density at radius 3 is 2.76 bits per heavy atom. The van der Waals surface area contributed by atoms with Crippen LogP contribution in [0.5, 0.6) is 5.75 Å². The van der Waals surface area contributed by atoms with E-state index in [1.54, 1.807) is 0 Å². The summed E-state index contributed by atoms with van der Waals surface area (Å²) in [6, 6.07) is 2.10. The molecule has 6 nitrogen and oxygen atoms in total. The molecular weight excluding hydrogens is 333 g/mol. The van der Waals surface area contributed by atoms with E-state index >= 15 is 0 Å². The molecule has 0 aromatic carbocycles. The van der Waals surface area contributed by atoms with Crippen molar-refractivity contribution >= 4 is 21.4 Å². The summed E-state index contributed by atoms with van der Waals surface area (Å²) in [4.78, 5) is 0. The highest BCUT2D eigenvalue weighted by Gasteiger charge is 2.36. The fourth-order valence-corrected chi connectivity index (χ4v) is 3.71. The minimum atomic E-state index is -4.67. The summed E-state index contributed by atoms with van der Waals surface area (Å²) in [5.41, 5.74) is -0.179. The molecule has 11 heteroatoms. The molecule has 0 spiro atoms. The van der Waals surface area contributed by atoms with Gasteiger partial charge >= 0.3 is 6.18 Å². The van der Waals surface area contributed by atoms with Gasteiger partial charge in [0.25, 0.3) is 10.0 Å². The number of hydrogen-bond donors (Lipinski definition) is 1. The molecule has 2 heterocycles. The molecule has 0 saturated heterocycles. The van der Waals surface area contributed by atoms with Crippen LogP contribution in [0.4, 0.5) is 13.2 Å². The molecule has 21 heavy (non-hydrogen) atoms. The number of sulfonamides is 1. The molecule has 0 aliphatic rings. The average molecular weight is 342 g/mol. The van der Waals surface area contributed by atoms with E-state index < -0.39 is 28.5 Å². The second-order valence-corrected chi connectivity index (χ2v) is 6.66. The minimum Gasteiger partial charge on any atom is -0.494 e. The number of thiophene rings is 1. The molecular formula is C10H9F3N2O4S2. The third kappa shape index (κ3) is 3.54. The Hall–Kier alpha value is -1.59. The van der Waals surface area contributed by atoms with Crippen LogP contribution in [0.25, 0.3) is 0 Å². The third-order valence-electron chi connectivity index (χ3n) is 2.34. The number of rotatable bonds is 5. The maximum atomic E-state index is 12.3. The van der Waals surface area contributed by atoms with Crippen LogP contribution < -0.4 is 9.46 Å². The van der Waals surface area contributed by atoms with E-state index in [0.717, 1.165) is 11.3 Å². The molecule has 0 saturated carbocycles. The molecule has 2 aromatic heterocycles. The lowest BCUT2D eigenvalue weighted by Gasteiger charge is -2.05. The van der Waals surface area contributed by atoms with Gasteiger partial charge in [-0.15, -0.1) is 11.3 Å². The monoisotopic (exact) mass is 342 g/mol. The third-order valence-corrected chi connectivity index (χ3v) is 5.19. The van der Waals surface area contributed by atoms with Gasteiger partial charge in [0.2, 0.25) is 5.76 Å². The topological polar surface area (TPSA) is 81.4 Å². The number of nitrogens with zero attached hydrogens (tertiary/aromatic N) is 1. The van der Waals surface area contributed by atoms with Gasteiger partial charge in [0.15, 0.2) is 4.21 Å². The quantitative estimate of drug-likeness (QED) is 0.901. The van der Waals surface area contributed by atoms with Crippen molar-refractivity contribution in [3.63, 3.8) is 0 Å². The van der Waals surface area contributed by atoms with Gasteiger partial charge in [-0.1, -0.05) is 5.16 Å². The molecule has 0 fully saturated rings. The van der Waals surface area contributed by atoms with Crippen molar-refractivity contribution in [2.24, 2.45) is 0 Å². The number of halogens is 3. The summed E-state index contributed by atoms with van der Waals surface area (Å²) >= 11 is 0.926. The summed E-state index contributed by atoms with van der Waals surface area (Å²) in [6.45, 7) is -0.428.